The fraction of sp³-hybridized carbons (Fsp3) is 0.635. The van der Waals surface area contributed by atoms with Crippen LogP contribution in [0.1, 0.15) is 200 Å². The first kappa shape index (κ1) is 67.6. The van der Waals surface area contributed by atoms with Crippen molar-refractivity contribution >= 4 is 52.7 Å². The summed E-state index contributed by atoms with van der Waals surface area (Å²) in [5.74, 6) is -1.97. The molecule has 0 aliphatic carbocycles. The van der Waals surface area contributed by atoms with Gasteiger partial charge in [0.15, 0.2) is 0 Å². The van der Waals surface area contributed by atoms with Crippen molar-refractivity contribution in [3.63, 3.8) is 0 Å². The van der Waals surface area contributed by atoms with Crippen molar-refractivity contribution in [2.45, 2.75) is 200 Å². The van der Waals surface area contributed by atoms with Crippen molar-refractivity contribution in [3.05, 3.63) is 91.0 Å². The van der Waals surface area contributed by atoms with E-state index in [-0.39, 0.29) is 57.1 Å². The Kier molecular flexibility index (Phi) is 37.4. The molecule has 0 saturated heterocycles. The number of hydroxylamine groups is 6. The van der Waals surface area contributed by atoms with Crippen LogP contribution in [0.3, 0.4) is 0 Å². The molecule has 0 atom stereocenters. The molecule has 3 aromatic carbocycles. The summed E-state index contributed by atoms with van der Waals surface area (Å²) in [6.45, 7) is 8.26. The molecule has 5 N–H and O–H groups in total. The third kappa shape index (κ3) is 29.5. The van der Waals surface area contributed by atoms with Crippen molar-refractivity contribution in [2.24, 2.45) is 0 Å². The number of nitrogens with zero attached hydrogens (tertiary/aromatic N) is 4. The number of unbranched alkanes of at least 4 members (excludes halogenated alkanes) is 20. The van der Waals surface area contributed by atoms with Crippen LogP contribution >= 0.6 is 7.26 Å². The molecule has 3 aromatic rings. The van der Waals surface area contributed by atoms with Gasteiger partial charge in [0.2, 0.25) is 29.5 Å². The molecule has 0 unspecified atom stereocenters. The molecule has 0 spiro atoms. The second kappa shape index (κ2) is 43.1. The van der Waals surface area contributed by atoms with Crippen LogP contribution in [-0.2, 0) is 24.0 Å². The zero-order chi connectivity index (χ0) is 56.3. The Morgan fingerprint density at radius 3 is 1.06 bits per heavy atom. The Balaban J connectivity index is 1.25. The monoisotopic (exact) mass is 1100 g/mol. The summed E-state index contributed by atoms with van der Waals surface area (Å²) in [7, 11) is -2.16. The van der Waals surface area contributed by atoms with Gasteiger partial charge in [0, 0.05) is 65.3 Å². The summed E-state index contributed by atoms with van der Waals surface area (Å²) in [6, 6.07) is 33.8. The van der Waals surface area contributed by atoms with Crippen LogP contribution in [0.5, 0.6) is 0 Å². The van der Waals surface area contributed by atoms with Crippen LogP contribution in [0.2, 0.25) is 0 Å². The van der Waals surface area contributed by atoms with Crippen LogP contribution in [0.15, 0.2) is 91.0 Å². The normalized spacial score (nSPS) is 11.6. The Morgan fingerprint density at radius 2 is 0.692 bits per heavy atom. The number of hydrogen-bond acceptors (Lipinski definition) is 9. The first-order valence-electron chi connectivity index (χ1n) is 30.4. The molecule has 0 saturated carbocycles. The van der Waals surface area contributed by atoms with Crippen molar-refractivity contribution in [3.8, 4) is 0 Å². The molecule has 438 valence electrons. The van der Waals surface area contributed by atoms with Gasteiger partial charge in [0.1, 0.15) is 0 Å². The van der Waals surface area contributed by atoms with Crippen molar-refractivity contribution in [1.29, 1.82) is 0 Å². The molecule has 78 heavy (non-hydrogen) atoms. The number of nitrogens with one attached hydrogen (secondary N) is 2. The van der Waals surface area contributed by atoms with Crippen LogP contribution < -0.4 is 26.5 Å². The number of amides is 5. The Morgan fingerprint density at radius 1 is 0.385 bits per heavy atom. The van der Waals surface area contributed by atoms with Crippen LogP contribution in [0.4, 0.5) is 0 Å². The van der Waals surface area contributed by atoms with Gasteiger partial charge in [-0.2, -0.15) is 0 Å². The van der Waals surface area contributed by atoms with E-state index in [1.54, 1.807) is 0 Å². The third-order valence-corrected chi connectivity index (χ3v) is 20.1. The van der Waals surface area contributed by atoms with E-state index in [0.29, 0.717) is 68.2 Å². The van der Waals surface area contributed by atoms with Crippen LogP contribution in [0.25, 0.3) is 0 Å². The minimum Gasteiger partial charge on any atom is -0.356 e. The number of carbonyl (C=O) groups excluding carboxylic acids is 5. The molecule has 0 aromatic heterocycles. The zero-order valence-corrected chi connectivity index (χ0v) is 49.2. The molecular weight excluding hydrogens is 1000 g/mol. The smallest absolute Gasteiger partial charge is 0.356 e. The van der Waals surface area contributed by atoms with Gasteiger partial charge in [0.05, 0.1) is 0 Å². The minimum absolute atomic E-state index is 0.0128. The van der Waals surface area contributed by atoms with Crippen molar-refractivity contribution in [1.82, 2.24) is 30.7 Å². The predicted molar refractivity (Wildman–Crippen MR) is 320 cm³/mol. The summed E-state index contributed by atoms with van der Waals surface area (Å²) >= 11 is 0. The quantitative estimate of drug-likeness (QED) is 0.0159. The van der Waals surface area contributed by atoms with E-state index in [1.165, 1.54) is 132 Å². The maximum absolute atomic E-state index is 12.6. The van der Waals surface area contributed by atoms with Gasteiger partial charge in [-0.25, -0.2) is 15.2 Å². The van der Waals surface area contributed by atoms with Gasteiger partial charge in [-0.3, -0.25) is 39.6 Å². The first-order chi connectivity index (χ1) is 38.0. The summed E-state index contributed by atoms with van der Waals surface area (Å²) in [6.07, 6.45) is 28.1. The fourth-order valence-electron chi connectivity index (χ4n) is 10.3. The molecule has 0 fully saturated rings. The van der Waals surface area contributed by atoms with E-state index in [2.05, 4.69) is 113 Å². The molecule has 3 rings (SSSR count). The zero-order valence-electron chi connectivity index (χ0n) is 48.2. The van der Waals surface area contributed by atoms with Crippen LogP contribution in [-0.4, -0.2) is 124 Å². The minimum atomic E-state index is -2.16. The van der Waals surface area contributed by atoms with E-state index >= 15 is 0 Å². The van der Waals surface area contributed by atoms with E-state index in [0.717, 1.165) is 37.5 Å². The van der Waals surface area contributed by atoms with Gasteiger partial charge in [-0.15, -0.1) is 0 Å². The summed E-state index contributed by atoms with van der Waals surface area (Å²) in [5, 5.41) is 42.0. The van der Waals surface area contributed by atoms with Gasteiger partial charge in [-0.05, 0) is 57.8 Å². The average molecular weight is 1100 g/mol. The van der Waals surface area contributed by atoms with E-state index in [9.17, 15) is 39.6 Å². The van der Waals surface area contributed by atoms with Crippen molar-refractivity contribution in [2.75, 3.05) is 58.5 Å². The van der Waals surface area contributed by atoms with E-state index < -0.39 is 25.0 Å². The molecule has 15 heteroatoms. The topological polar surface area (TPSA) is 183 Å². The van der Waals surface area contributed by atoms with E-state index in [4.69, 9.17) is 0 Å². The third-order valence-electron chi connectivity index (χ3n) is 15.1. The summed E-state index contributed by atoms with van der Waals surface area (Å²) in [4.78, 5) is 63.0. The number of hydrogen-bond donors (Lipinski definition) is 5. The number of carbonyl (C=O) groups is 5. The number of rotatable bonds is 47. The molecule has 14 nitrogen and oxygen atoms in total. The van der Waals surface area contributed by atoms with Gasteiger partial charge in [0.25, 0.3) is 0 Å². The molecule has 0 aliphatic rings. The Labute approximate surface area is 470 Å². The van der Waals surface area contributed by atoms with Crippen LogP contribution in [0, 0.1) is 0 Å². The van der Waals surface area contributed by atoms with E-state index in [1.807, 2.05) is 0 Å². The molecule has 0 radical (unpaired) electrons. The summed E-state index contributed by atoms with van der Waals surface area (Å²) in [5.41, 5.74) is 0. The Bertz CT molecular complexity index is 1940. The first-order valence-corrected chi connectivity index (χ1v) is 32.6. The molecule has 0 aliphatic heterocycles. The SMILES string of the molecule is CCCCCCCCCCN(CCCCCCCCCC[PH](c1ccccc1)(c1ccccc1)c1ccccc1)CCCCCN(O)C(=O)CCC(=O)NCCCCCN(O)C(=O)CCC(=O)NCCCCCN(O)C(C)=O. The van der Waals surface area contributed by atoms with Gasteiger partial charge in [-0.1, -0.05) is 58.3 Å². The number of benzene rings is 3. The molecular formula is C63H103N6O8P. The maximum atomic E-state index is 12.6. The fourth-order valence-corrected chi connectivity index (χ4v) is 15.3. The molecule has 5 amide bonds. The second-order valence-electron chi connectivity index (χ2n) is 21.5. The standard InChI is InChI=1S/C63H103N6O8P/c1-3-4-5-6-7-10-13-30-49-66(50-31-14-11-8-9-12-15-36-55-78(57-37-22-16-23-38-57,58-39-24-17-25-40-58)59-41-26-18-27-42-59)51-32-21-35-54-69(77)63(74)46-44-61(72)65-48-29-20-34-53-68(76)62(73)45-43-60(71)64-47-28-19-33-52-67(75)56(2)70/h16-18,22-27,37-42,75-78H,3-15,19-21,28-36,43-55H2,1-2H3,(H,64,71)(H,65,72). The van der Waals surface area contributed by atoms with Gasteiger partial charge < -0.3 is 10.6 Å². The molecule has 0 bridgehead atoms. The predicted octanol–water partition coefficient (Wildman–Crippen LogP) is 11.3. The Hall–Kier alpha value is -4.72. The average Bonchev–Trinajstić information content (AvgIpc) is 3.55. The summed E-state index contributed by atoms with van der Waals surface area (Å²) < 4.78 is 0. The molecule has 0 heterocycles. The second-order valence-corrected chi connectivity index (χ2v) is 25.5. The van der Waals surface area contributed by atoms with Crippen molar-refractivity contribution < 1.29 is 39.6 Å². The van der Waals surface area contributed by atoms with Gasteiger partial charge >= 0.3 is 196 Å².